The Balaban J connectivity index is 1.50. The number of carbonyl (C=O) groups excluding carboxylic acids is 1. The molecule has 7 nitrogen and oxygen atoms in total. The van der Waals surface area contributed by atoms with Crippen LogP contribution in [0.25, 0.3) is 0 Å². The topological polar surface area (TPSA) is 79.4 Å². The van der Waals surface area contributed by atoms with E-state index in [1.54, 1.807) is 18.2 Å². The minimum atomic E-state index is -0.476. The van der Waals surface area contributed by atoms with Gasteiger partial charge in [0.05, 0.1) is 17.8 Å². The second-order valence-electron chi connectivity index (χ2n) is 8.65. The molecule has 8 heteroatoms. The summed E-state index contributed by atoms with van der Waals surface area (Å²) < 4.78 is 5.37. The number of nitrogens with zero attached hydrogens (tertiary/aromatic N) is 3. The fourth-order valence-electron chi connectivity index (χ4n) is 4.35. The summed E-state index contributed by atoms with van der Waals surface area (Å²) in [6.45, 7) is 4.38. The first-order chi connectivity index (χ1) is 16.9. The molecule has 0 saturated carbocycles. The highest BCUT2D eigenvalue weighted by Crippen LogP contribution is 2.32. The minimum Gasteiger partial charge on any atom is -0.480 e. The van der Waals surface area contributed by atoms with E-state index in [0.717, 1.165) is 18.8 Å². The molecule has 0 spiro atoms. The summed E-state index contributed by atoms with van der Waals surface area (Å²) in [6.07, 6.45) is 9.29. The molecule has 0 atom stereocenters. The summed E-state index contributed by atoms with van der Waals surface area (Å²) in [5.74, 6) is 3.08. The average molecular weight is 490 g/mol. The molecule has 0 unspecified atom stereocenters. The quantitative estimate of drug-likeness (QED) is 0.461. The van der Waals surface area contributed by atoms with E-state index in [2.05, 4.69) is 57.5 Å². The van der Waals surface area contributed by atoms with Crippen LogP contribution in [0.1, 0.15) is 45.8 Å². The fraction of sp³-hybridized carbons (Fsp3) is 0.296. The Morgan fingerprint density at radius 1 is 1.26 bits per heavy atom. The van der Waals surface area contributed by atoms with Crippen molar-refractivity contribution in [1.29, 1.82) is 0 Å². The van der Waals surface area contributed by atoms with Crippen LogP contribution in [0.3, 0.4) is 0 Å². The van der Waals surface area contributed by atoms with Crippen LogP contribution < -0.4 is 15.4 Å². The number of hydrogen-bond donors (Lipinski definition) is 2. The monoisotopic (exact) mass is 489 g/mol. The molecule has 1 aliphatic heterocycles. The van der Waals surface area contributed by atoms with Crippen molar-refractivity contribution in [3.05, 3.63) is 69.9 Å². The number of aryl methyl sites for hydroxylation is 1. The van der Waals surface area contributed by atoms with Gasteiger partial charge in [0.2, 0.25) is 11.8 Å². The predicted octanol–water partition coefficient (Wildman–Crippen LogP) is 5.23. The van der Waals surface area contributed by atoms with Gasteiger partial charge in [-0.05, 0) is 81.2 Å². The Morgan fingerprint density at radius 3 is 2.71 bits per heavy atom. The number of carbonyl (C=O) groups is 1. The smallest absolute Gasteiger partial charge is 0.262 e. The van der Waals surface area contributed by atoms with E-state index >= 15 is 0 Å². The molecule has 1 aliphatic rings. The largest absolute Gasteiger partial charge is 0.480 e. The Morgan fingerprint density at radius 2 is 2.03 bits per heavy atom. The van der Waals surface area contributed by atoms with E-state index in [9.17, 15) is 4.79 Å². The third kappa shape index (κ3) is 5.56. The molecule has 35 heavy (non-hydrogen) atoms. The van der Waals surface area contributed by atoms with E-state index in [0.29, 0.717) is 28.1 Å². The molecule has 0 aliphatic carbocycles. The molecular formula is C27H28ClN5O2. The van der Waals surface area contributed by atoms with Crippen LogP contribution in [0.2, 0.25) is 5.02 Å². The molecule has 0 bridgehead atoms. The van der Waals surface area contributed by atoms with Gasteiger partial charge in [-0.3, -0.25) is 4.79 Å². The van der Waals surface area contributed by atoms with Gasteiger partial charge in [0.25, 0.3) is 5.91 Å². The molecule has 2 aromatic carbocycles. The normalized spacial score (nSPS) is 14.3. The molecule has 1 amide bonds. The van der Waals surface area contributed by atoms with Crippen molar-refractivity contribution in [2.45, 2.75) is 25.7 Å². The van der Waals surface area contributed by atoms with Crippen molar-refractivity contribution in [2.24, 2.45) is 0 Å². The number of aromatic nitrogens is 2. The first-order valence-electron chi connectivity index (χ1n) is 11.4. The van der Waals surface area contributed by atoms with Gasteiger partial charge in [-0.25, -0.2) is 4.98 Å². The lowest BCUT2D eigenvalue weighted by Gasteiger charge is -2.30. The van der Waals surface area contributed by atoms with Crippen LogP contribution in [0.15, 0.2) is 42.6 Å². The number of anilines is 3. The lowest BCUT2D eigenvalue weighted by atomic mass is 9.87. The zero-order chi connectivity index (χ0) is 24.9. The summed E-state index contributed by atoms with van der Waals surface area (Å²) in [5.41, 5.74) is 4.48. The van der Waals surface area contributed by atoms with Gasteiger partial charge in [-0.1, -0.05) is 29.7 Å². The van der Waals surface area contributed by atoms with E-state index in [-0.39, 0.29) is 11.4 Å². The predicted molar refractivity (Wildman–Crippen MR) is 140 cm³/mol. The Labute approximate surface area is 210 Å². The highest BCUT2D eigenvalue weighted by molar-refractivity contribution is 6.34. The second-order valence-corrected chi connectivity index (χ2v) is 9.06. The SMILES string of the molecule is C#Cc1cccc(Cl)c1NC(=O)c1cnc(Nc2ccc(C3CCN(C)CC3)c(C)c2)nc1OC. The summed E-state index contributed by atoms with van der Waals surface area (Å²) in [5, 5.41) is 6.29. The number of ether oxygens (including phenoxy) is 1. The van der Waals surface area contributed by atoms with Crippen LogP contribution in [0, 0.1) is 19.3 Å². The molecule has 3 aromatic rings. The lowest BCUT2D eigenvalue weighted by Crippen LogP contribution is -2.29. The second kappa shape index (κ2) is 10.8. The summed E-state index contributed by atoms with van der Waals surface area (Å²) >= 11 is 6.22. The van der Waals surface area contributed by atoms with Crippen molar-refractivity contribution in [2.75, 3.05) is 37.9 Å². The number of terminal acetylenes is 1. The van der Waals surface area contributed by atoms with E-state index in [1.807, 2.05) is 6.07 Å². The summed E-state index contributed by atoms with van der Waals surface area (Å²) in [4.78, 5) is 24.0. The van der Waals surface area contributed by atoms with Gasteiger partial charge in [0.1, 0.15) is 5.56 Å². The van der Waals surface area contributed by atoms with Crippen molar-refractivity contribution in [3.8, 4) is 18.2 Å². The van der Waals surface area contributed by atoms with Crippen LogP contribution >= 0.6 is 11.6 Å². The third-order valence-corrected chi connectivity index (χ3v) is 6.60. The van der Waals surface area contributed by atoms with Crippen LogP contribution in [-0.4, -0.2) is 48.0 Å². The number of rotatable bonds is 6. The van der Waals surface area contributed by atoms with E-state index in [4.69, 9.17) is 22.8 Å². The molecule has 2 N–H and O–H groups in total. The molecule has 4 rings (SSSR count). The average Bonchev–Trinajstić information content (AvgIpc) is 2.86. The van der Waals surface area contributed by atoms with Crippen LogP contribution in [-0.2, 0) is 0 Å². The van der Waals surface area contributed by atoms with Crippen molar-refractivity contribution in [3.63, 3.8) is 0 Å². The molecule has 1 fully saturated rings. The summed E-state index contributed by atoms with van der Waals surface area (Å²) in [7, 11) is 3.62. The first kappa shape index (κ1) is 24.5. The highest BCUT2D eigenvalue weighted by atomic mass is 35.5. The van der Waals surface area contributed by atoms with Crippen LogP contribution in [0.4, 0.5) is 17.3 Å². The molecule has 180 valence electrons. The number of amides is 1. The van der Waals surface area contributed by atoms with E-state index < -0.39 is 5.91 Å². The number of methoxy groups -OCH3 is 1. The van der Waals surface area contributed by atoms with Gasteiger partial charge in [-0.15, -0.1) is 6.42 Å². The van der Waals surface area contributed by atoms with Crippen molar-refractivity contribution >= 4 is 34.8 Å². The van der Waals surface area contributed by atoms with Crippen molar-refractivity contribution < 1.29 is 9.53 Å². The highest BCUT2D eigenvalue weighted by Gasteiger charge is 2.21. The molecule has 2 heterocycles. The number of benzene rings is 2. The Bertz CT molecular complexity index is 1280. The standard InChI is InChI=1S/C27H28ClN5O2/c1-5-18-7-6-8-23(28)24(18)31-25(34)22-16-29-27(32-26(22)35-4)30-20-9-10-21(17(2)15-20)19-11-13-33(3)14-12-19/h1,6-10,15-16,19H,11-14H2,2-4H3,(H,31,34)(H,29,30,32). The van der Waals surface area contributed by atoms with Gasteiger partial charge in [-0.2, -0.15) is 4.98 Å². The molecule has 1 saturated heterocycles. The van der Waals surface area contributed by atoms with Crippen molar-refractivity contribution in [1.82, 2.24) is 14.9 Å². The van der Waals surface area contributed by atoms with Gasteiger partial charge in [0, 0.05) is 17.4 Å². The zero-order valence-electron chi connectivity index (χ0n) is 20.1. The fourth-order valence-corrected chi connectivity index (χ4v) is 4.57. The Kier molecular flexibility index (Phi) is 7.54. The number of halogens is 1. The van der Waals surface area contributed by atoms with Gasteiger partial charge in [0.15, 0.2) is 0 Å². The Hall–Kier alpha value is -3.60. The zero-order valence-corrected chi connectivity index (χ0v) is 20.8. The van der Waals surface area contributed by atoms with E-state index in [1.165, 1.54) is 37.3 Å². The molecule has 0 radical (unpaired) electrons. The number of likely N-dealkylation sites (tertiary alicyclic amines) is 1. The first-order valence-corrected chi connectivity index (χ1v) is 11.8. The maximum absolute atomic E-state index is 12.9. The molecule has 1 aromatic heterocycles. The number of piperidine rings is 1. The summed E-state index contributed by atoms with van der Waals surface area (Å²) in [6, 6.07) is 11.4. The van der Waals surface area contributed by atoms with Gasteiger partial charge >= 0.3 is 0 Å². The minimum absolute atomic E-state index is 0.133. The van der Waals surface area contributed by atoms with Gasteiger partial charge < -0.3 is 20.3 Å². The molecular weight excluding hydrogens is 462 g/mol. The number of nitrogens with one attached hydrogen (secondary N) is 2. The van der Waals surface area contributed by atoms with Crippen LogP contribution in [0.5, 0.6) is 5.88 Å². The third-order valence-electron chi connectivity index (χ3n) is 6.28. The number of hydrogen-bond acceptors (Lipinski definition) is 6. The maximum Gasteiger partial charge on any atom is 0.262 e. The lowest BCUT2D eigenvalue weighted by molar-refractivity contribution is 0.102. The maximum atomic E-state index is 12.9. The number of para-hydroxylation sites is 1.